The van der Waals surface area contributed by atoms with Crippen LogP contribution in [0, 0.1) is 5.82 Å². The molecule has 0 radical (unpaired) electrons. The molecule has 13 heavy (non-hydrogen) atoms. The van der Waals surface area contributed by atoms with Crippen LogP contribution in [0.3, 0.4) is 0 Å². The number of nitrogen functional groups attached to an aromatic ring is 1. The summed E-state index contributed by atoms with van der Waals surface area (Å²) >= 11 is 1.26. The van der Waals surface area contributed by atoms with Gasteiger partial charge in [-0.05, 0) is 17.5 Å². The summed E-state index contributed by atoms with van der Waals surface area (Å²) in [6, 6.07) is 2.88. The summed E-state index contributed by atoms with van der Waals surface area (Å²) in [7, 11) is 0. The Morgan fingerprint density at radius 2 is 2.31 bits per heavy atom. The highest BCUT2D eigenvalue weighted by molar-refractivity contribution is 7.17. The number of nitrogens with two attached hydrogens (primary N) is 1. The van der Waals surface area contributed by atoms with Crippen molar-refractivity contribution in [3.63, 3.8) is 0 Å². The number of anilines is 1. The van der Waals surface area contributed by atoms with Crippen LogP contribution >= 0.6 is 11.3 Å². The van der Waals surface area contributed by atoms with E-state index in [9.17, 15) is 9.18 Å². The number of fused-ring (bicyclic) bond motifs is 1. The number of carbonyl (C=O) groups excluding carboxylic acids is 1. The Morgan fingerprint density at radius 3 is 3.00 bits per heavy atom. The van der Waals surface area contributed by atoms with Gasteiger partial charge in [0.15, 0.2) is 6.29 Å². The van der Waals surface area contributed by atoms with Gasteiger partial charge in [-0.3, -0.25) is 4.79 Å². The molecule has 66 valence electrons. The molecule has 0 saturated heterocycles. The summed E-state index contributed by atoms with van der Waals surface area (Å²) in [5.41, 5.74) is 6.06. The van der Waals surface area contributed by atoms with Crippen molar-refractivity contribution in [2.75, 3.05) is 5.73 Å². The van der Waals surface area contributed by atoms with Crippen LogP contribution in [0.4, 0.5) is 10.1 Å². The largest absolute Gasteiger partial charge is 0.398 e. The molecule has 0 aliphatic rings. The van der Waals surface area contributed by atoms with Crippen molar-refractivity contribution in [2.45, 2.75) is 0 Å². The first-order chi connectivity index (χ1) is 6.24. The van der Waals surface area contributed by atoms with Crippen molar-refractivity contribution in [3.8, 4) is 0 Å². The molecule has 1 heterocycles. The summed E-state index contributed by atoms with van der Waals surface area (Å²) in [5.74, 6) is -0.367. The first-order valence-corrected chi connectivity index (χ1v) is 4.52. The molecule has 0 aliphatic carbocycles. The van der Waals surface area contributed by atoms with Crippen molar-refractivity contribution in [2.24, 2.45) is 0 Å². The van der Waals surface area contributed by atoms with Crippen molar-refractivity contribution in [1.82, 2.24) is 0 Å². The average molecular weight is 195 g/mol. The molecule has 0 unspecified atom stereocenters. The van der Waals surface area contributed by atoms with Crippen LogP contribution in [0.2, 0.25) is 0 Å². The molecular weight excluding hydrogens is 189 g/mol. The monoisotopic (exact) mass is 195 g/mol. The minimum absolute atomic E-state index is 0.193. The molecule has 2 N–H and O–H groups in total. The predicted molar refractivity (Wildman–Crippen MR) is 51.6 cm³/mol. The van der Waals surface area contributed by atoms with Gasteiger partial charge in [0.05, 0.1) is 4.70 Å². The van der Waals surface area contributed by atoms with Crippen LogP contribution < -0.4 is 5.73 Å². The second-order valence-electron chi connectivity index (χ2n) is 2.64. The third-order valence-corrected chi connectivity index (χ3v) is 2.81. The first-order valence-electron chi connectivity index (χ1n) is 3.64. The lowest BCUT2D eigenvalue weighted by atomic mass is 10.1. The minimum Gasteiger partial charge on any atom is -0.398 e. The Kier molecular flexibility index (Phi) is 1.77. The standard InChI is InChI=1S/C9H6FNOS/c10-7-3-8(11)6(4-12)5-1-2-13-9(5)7/h1-4H,11H2. The molecule has 0 bridgehead atoms. The molecule has 1 aromatic heterocycles. The second-order valence-corrected chi connectivity index (χ2v) is 3.56. The lowest BCUT2D eigenvalue weighted by molar-refractivity contribution is 0.112. The molecule has 4 heteroatoms. The number of carbonyl (C=O) groups is 1. The van der Waals surface area contributed by atoms with Crippen molar-refractivity contribution in [3.05, 3.63) is 28.9 Å². The minimum atomic E-state index is -0.367. The van der Waals surface area contributed by atoms with Crippen molar-refractivity contribution in [1.29, 1.82) is 0 Å². The van der Waals surface area contributed by atoms with Gasteiger partial charge in [0.2, 0.25) is 0 Å². The van der Waals surface area contributed by atoms with E-state index >= 15 is 0 Å². The summed E-state index contributed by atoms with van der Waals surface area (Å²) in [6.07, 6.45) is 0.657. The highest BCUT2D eigenvalue weighted by Crippen LogP contribution is 2.29. The Morgan fingerprint density at radius 1 is 1.54 bits per heavy atom. The maximum atomic E-state index is 13.2. The number of benzene rings is 1. The van der Waals surface area contributed by atoms with Gasteiger partial charge in [0, 0.05) is 16.6 Å². The van der Waals surface area contributed by atoms with Gasteiger partial charge in [-0.15, -0.1) is 11.3 Å². The predicted octanol–water partition coefficient (Wildman–Crippen LogP) is 2.44. The van der Waals surface area contributed by atoms with E-state index in [1.165, 1.54) is 17.4 Å². The lowest BCUT2D eigenvalue weighted by Gasteiger charge is -2.00. The Labute approximate surface area is 77.8 Å². The van der Waals surface area contributed by atoms with Crippen LogP contribution in [0.5, 0.6) is 0 Å². The van der Waals surface area contributed by atoms with Crippen molar-refractivity contribution >= 4 is 33.4 Å². The van der Waals surface area contributed by atoms with Crippen LogP contribution in [0.25, 0.3) is 10.1 Å². The summed E-state index contributed by atoms with van der Waals surface area (Å²) < 4.78 is 13.7. The van der Waals surface area contributed by atoms with Gasteiger partial charge < -0.3 is 5.73 Å². The highest BCUT2D eigenvalue weighted by Gasteiger charge is 2.10. The van der Waals surface area contributed by atoms with E-state index in [1.54, 1.807) is 11.4 Å². The van der Waals surface area contributed by atoms with E-state index in [4.69, 9.17) is 5.73 Å². The molecule has 0 saturated carbocycles. The Hall–Kier alpha value is -1.42. The number of hydrogen-bond donors (Lipinski definition) is 1. The van der Waals surface area contributed by atoms with Gasteiger partial charge in [-0.2, -0.15) is 0 Å². The van der Waals surface area contributed by atoms with E-state index in [0.29, 0.717) is 21.9 Å². The number of thiophene rings is 1. The summed E-state index contributed by atoms with van der Waals surface area (Å²) in [6.45, 7) is 0. The summed E-state index contributed by atoms with van der Waals surface area (Å²) in [5, 5.41) is 2.33. The molecule has 0 aliphatic heterocycles. The van der Waals surface area contributed by atoms with E-state index in [0.717, 1.165) is 0 Å². The van der Waals surface area contributed by atoms with Crippen molar-refractivity contribution < 1.29 is 9.18 Å². The van der Waals surface area contributed by atoms with Gasteiger partial charge in [-0.1, -0.05) is 0 Å². The Bertz CT molecular complexity index is 478. The quantitative estimate of drug-likeness (QED) is 0.561. The van der Waals surface area contributed by atoms with E-state index in [2.05, 4.69) is 0 Å². The molecular formula is C9H6FNOS. The van der Waals surface area contributed by atoms with Crippen LogP contribution in [-0.4, -0.2) is 6.29 Å². The third kappa shape index (κ3) is 1.10. The zero-order chi connectivity index (χ0) is 9.42. The molecule has 2 aromatic rings. The van der Waals surface area contributed by atoms with Crippen LogP contribution in [0.15, 0.2) is 17.5 Å². The second kappa shape index (κ2) is 2.81. The Balaban J connectivity index is 2.96. The van der Waals surface area contributed by atoms with E-state index < -0.39 is 0 Å². The molecule has 0 spiro atoms. The maximum absolute atomic E-state index is 13.2. The number of hydrogen-bond acceptors (Lipinski definition) is 3. The number of aldehydes is 1. The smallest absolute Gasteiger partial charge is 0.152 e. The van der Waals surface area contributed by atoms with Gasteiger partial charge in [-0.25, -0.2) is 4.39 Å². The van der Waals surface area contributed by atoms with Gasteiger partial charge in [0.25, 0.3) is 0 Å². The number of halogens is 1. The molecule has 1 aromatic carbocycles. The van der Waals surface area contributed by atoms with Crippen LogP contribution in [-0.2, 0) is 0 Å². The topological polar surface area (TPSA) is 43.1 Å². The van der Waals surface area contributed by atoms with Gasteiger partial charge >= 0.3 is 0 Å². The molecule has 0 amide bonds. The number of rotatable bonds is 1. The van der Waals surface area contributed by atoms with E-state index in [1.807, 2.05) is 0 Å². The molecule has 0 fully saturated rings. The fourth-order valence-corrected chi connectivity index (χ4v) is 2.09. The maximum Gasteiger partial charge on any atom is 0.152 e. The molecule has 2 rings (SSSR count). The normalized spacial score (nSPS) is 10.5. The van der Waals surface area contributed by atoms with Gasteiger partial charge in [0.1, 0.15) is 5.82 Å². The SMILES string of the molecule is Nc1cc(F)c2sccc2c1C=O. The van der Waals surface area contributed by atoms with Crippen LogP contribution in [0.1, 0.15) is 10.4 Å². The average Bonchev–Trinajstić information content (AvgIpc) is 2.53. The lowest BCUT2D eigenvalue weighted by Crippen LogP contribution is -1.94. The summed E-state index contributed by atoms with van der Waals surface area (Å²) in [4.78, 5) is 10.7. The fraction of sp³-hybridized carbons (Fsp3) is 0. The fourth-order valence-electron chi connectivity index (χ4n) is 1.27. The zero-order valence-electron chi connectivity index (χ0n) is 6.58. The zero-order valence-corrected chi connectivity index (χ0v) is 7.40. The first kappa shape index (κ1) is 8.19. The highest BCUT2D eigenvalue weighted by atomic mass is 32.1. The molecule has 0 atom stereocenters. The molecule has 2 nitrogen and oxygen atoms in total. The van der Waals surface area contributed by atoms with E-state index in [-0.39, 0.29) is 11.5 Å². The third-order valence-electron chi connectivity index (χ3n) is 1.88.